The summed E-state index contributed by atoms with van der Waals surface area (Å²) in [5.74, 6) is 0. The first-order valence-electron chi connectivity index (χ1n) is 3.41. The van der Waals surface area contributed by atoms with Gasteiger partial charge in [-0.1, -0.05) is 25.7 Å². The van der Waals surface area contributed by atoms with Gasteiger partial charge < -0.3 is 9.97 Å². The number of aromatic nitrogens is 2. The maximum Gasteiger partial charge on any atom is 0.0216 e. The van der Waals surface area contributed by atoms with E-state index < -0.39 is 0 Å². The molecule has 1 heterocycles. The van der Waals surface area contributed by atoms with Gasteiger partial charge in [-0.05, 0) is 6.26 Å². The van der Waals surface area contributed by atoms with Crippen LogP contribution in [0.5, 0.6) is 0 Å². The maximum atomic E-state index is 4.06. The Morgan fingerprint density at radius 3 is 2.58 bits per heavy atom. The van der Waals surface area contributed by atoms with Gasteiger partial charge in [0, 0.05) is 31.5 Å². The van der Waals surface area contributed by atoms with Crippen LogP contribution < -0.4 is 0 Å². The molecule has 0 aliphatic rings. The van der Waals surface area contributed by atoms with Crippen molar-refractivity contribution < 1.29 is 20.4 Å². The average Bonchev–Trinajstić information content (AvgIpc) is 2.06. The third-order valence-corrected chi connectivity index (χ3v) is 2.89. The number of hydrogen-bond acceptors (Lipinski definition) is 3. The van der Waals surface area contributed by atoms with E-state index in [0.717, 1.165) is 5.69 Å². The summed E-state index contributed by atoms with van der Waals surface area (Å²) < 4.78 is 0.0689. The van der Waals surface area contributed by atoms with Gasteiger partial charge in [-0.15, -0.1) is 6.07 Å². The Hall–Kier alpha value is 0.0923. The minimum absolute atomic E-state index is 0. The van der Waals surface area contributed by atoms with Crippen LogP contribution in [0.15, 0.2) is 12.3 Å². The minimum atomic E-state index is 0. The predicted molar refractivity (Wildman–Crippen MR) is 47.4 cm³/mol. The Balaban J connectivity index is 0.00000121. The van der Waals surface area contributed by atoms with Crippen LogP contribution in [0.3, 0.4) is 0 Å². The molecule has 0 amide bonds. The molecule has 0 saturated carbocycles. The van der Waals surface area contributed by atoms with Gasteiger partial charge in [-0.2, -0.15) is 11.8 Å². The Morgan fingerprint density at radius 1 is 1.50 bits per heavy atom. The van der Waals surface area contributed by atoms with Crippen molar-refractivity contribution in [1.29, 1.82) is 0 Å². The monoisotopic (exact) mass is 354 g/mol. The second-order valence-corrected chi connectivity index (χ2v) is 4.19. The number of rotatable bonds is 2. The van der Waals surface area contributed by atoms with Gasteiger partial charge in [0.05, 0.1) is 0 Å². The number of hydrogen-bond donors (Lipinski definition) is 0. The normalized spacial score (nSPS) is 10.6. The Bertz CT molecular complexity index is 226. The largest absolute Gasteiger partial charge is 0.374 e. The molecule has 1 radical (unpaired) electrons. The van der Waals surface area contributed by atoms with Gasteiger partial charge >= 0.3 is 0 Å². The first kappa shape index (κ1) is 12.1. The zero-order chi connectivity index (χ0) is 8.32. The van der Waals surface area contributed by atoms with Crippen LogP contribution in [0.2, 0.25) is 0 Å². The summed E-state index contributed by atoms with van der Waals surface area (Å²) in [6.45, 7) is 4.27. The second kappa shape index (κ2) is 4.96. The molecule has 0 saturated heterocycles. The quantitative estimate of drug-likeness (QED) is 0.759. The zero-order valence-corrected chi connectivity index (χ0v) is 10.9. The Morgan fingerprint density at radius 2 is 2.17 bits per heavy atom. The Labute approximate surface area is 91.2 Å². The fourth-order valence-corrected chi connectivity index (χ4v) is 1.02. The van der Waals surface area contributed by atoms with Gasteiger partial charge in [0.15, 0.2) is 0 Å². The van der Waals surface area contributed by atoms with Gasteiger partial charge in [-0.25, -0.2) is 0 Å². The Kier molecular flexibility index (Phi) is 5.00. The summed E-state index contributed by atoms with van der Waals surface area (Å²) in [5, 5.41) is 0. The molecule has 2 nitrogen and oxygen atoms in total. The maximum absolute atomic E-state index is 4.06. The molecule has 0 N–H and O–H groups in total. The van der Waals surface area contributed by atoms with Crippen molar-refractivity contribution in [2.24, 2.45) is 0 Å². The average molecular weight is 353 g/mol. The van der Waals surface area contributed by atoms with Gasteiger partial charge in [0.2, 0.25) is 0 Å². The van der Waals surface area contributed by atoms with E-state index in [0.29, 0.717) is 0 Å². The van der Waals surface area contributed by atoms with Crippen molar-refractivity contribution in [3.8, 4) is 0 Å². The van der Waals surface area contributed by atoms with Crippen LogP contribution in [0.1, 0.15) is 19.5 Å². The molecule has 1 rings (SSSR count). The van der Waals surface area contributed by atoms with Crippen LogP contribution in [-0.2, 0) is 25.2 Å². The van der Waals surface area contributed by atoms with E-state index in [1.54, 1.807) is 18.0 Å². The van der Waals surface area contributed by atoms with Crippen LogP contribution in [-0.4, -0.2) is 16.2 Å². The molecule has 0 fully saturated rings. The van der Waals surface area contributed by atoms with Crippen LogP contribution in [0.25, 0.3) is 0 Å². The molecule has 1 aromatic rings. The summed E-state index contributed by atoms with van der Waals surface area (Å²) in [5.41, 5.74) is 1.03. The van der Waals surface area contributed by atoms with Crippen molar-refractivity contribution in [2.45, 2.75) is 18.6 Å². The first-order valence-corrected chi connectivity index (χ1v) is 4.64. The first-order chi connectivity index (χ1) is 5.17. The minimum Gasteiger partial charge on any atom is -0.374 e. The van der Waals surface area contributed by atoms with Crippen LogP contribution >= 0.6 is 11.8 Å². The number of nitrogens with zero attached hydrogens (tertiary/aromatic N) is 2. The second-order valence-electron chi connectivity index (χ2n) is 2.76. The zero-order valence-electron chi connectivity index (χ0n) is 7.34. The predicted octanol–water partition coefficient (Wildman–Crippen LogP) is 1.87. The van der Waals surface area contributed by atoms with Gasteiger partial charge in [0.25, 0.3) is 0 Å². The van der Waals surface area contributed by atoms with Gasteiger partial charge in [-0.3, -0.25) is 0 Å². The van der Waals surface area contributed by atoms with Crippen molar-refractivity contribution >= 4 is 11.8 Å². The molecule has 12 heavy (non-hydrogen) atoms. The fraction of sp³-hybridized carbons (Fsp3) is 0.500. The summed E-state index contributed by atoms with van der Waals surface area (Å²) in [6.07, 6.45) is 6.38. The van der Waals surface area contributed by atoms with E-state index in [-0.39, 0.29) is 25.2 Å². The molecule has 0 bridgehead atoms. The van der Waals surface area contributed by atoms with Crippen LogP contribution in [0, 0.1) is 6.33 Å². The molecule has 4 heteroatoms. The van der Waals surface area contributed by atoms with E-state index in [1.165, 1.54) is 0 Å². The van der Waals surface area contributed by atoms with E-state index in [1.807, 2.05) is 6.07 Å². The fourth-order valence-electron chi connectivity index (χ4n) is 0.701. The SMILES string of the molecule is CSC(C)(C)c1ccn[c-]n1.[Re]. The number of thioether (sulfide) groups is 1. The topological polar surface area (TPSA) is 25.8 Å². The van der Waals surface area contributed by atoms with Crippen molar-refractivity contribution in [2.75, 3.05) is 6.26 Å². The van der Waals surface area contributed by atoms with E-state index in [4.69, 9.17) is 0 Å². The smallest absolute Gasteiger partial charge is 0.0216 e. The van der Waals surface area contributed by atoms with E-state index >= 15 is 0 Å². The molecule has 0 aliphatic carbocycles. The van der Waals surface area contributed by atoms with Crippen molar-refractivity contribution in [1.82, 2.24) is 9.97 Å². The third-order valence-electron chi connectivity index (χ3n) is 1.66. The van der Waals surface area contributed by atoms with Crippen LogP contribution in [0.4, 0.5) is 0 Å². The summed E-state index contributed by atoms with van der Waals surface area (Å²) in [6, 6.07) is 1.92. The van der Waals surface area contributed by atoms with Crippen molar-refractivity contribution in [3.05, 3.63) is 24.3 Å². The molecule has 0 unspecified atom stereocenters. The van der Waals surface area contributed by atoms with Crippen molar-refractivity contribution in [3.63, 3.8) is 0 Å². The molecule has 0 spiro atoms. The molecule has 0 aliphatic heterocycles. The standard InChI is InChI=1S/C8H11N2S.Re/c1-8(2,11-3)7-4-5-9-6-10-7;/h4-5H,1-3H3;/q-1;. The molecular weight excluding hydrogens is 342 g/mol. The summed E-state index contributed by atoms with van der Waals surface area (Å²) in [4.78, 5) is 7.81. The molecule has 67 valence electrons. The van der Waals surface area contributed by atoms with E-state index in [2.05, 4.69) is 36.4 Å². The third kappa shape index (κ3) is 2.86. The molecule has 0 atom stereocenters. The molecular formula is C8H11N2ReS-. The summed E-state index contributed by atoms with van der Waals surface area (Å²) in [7, 11) is 0. The van der Waals surface area contributed by atoms with E-state index in [9.17, 15) is 0 Å². The molecule has 1 aromatic heterocycles. The van der Waals surface area contributed by atoms with Gasteiger partial charge in [0.1, 0.15) is 0 Å². The molecule has 0 aromatic carbocycles. The summed E-state index contributed by atoms with van der Waals surface area (Å²) >= 11 is 1.77.